The van der Waals surface area contributed by atoms with Crippen molar-refractivity contribution in [2.24, 2.45) is 11.3 Å². The molecule has 3 heteroatoms. The van der Waals surface area contributed by atoms with Gasteiger partial charge in [0.05, 0.1) is 13.2 Å². The molecule has 0 saturated carbocycles. The summed E-state index contributed by atoms with van der Waals surface area (Å²) in [4.78, 5) is 2.40. The Morgan fingerprint density at radius 1 is 1.27 bits per heavy atom. The minimum Gasteiger partial charge on any atom is -0.396 e. The van der Waals surface area contributed by atoms with E-state index in [0.29, 0.717) is 17.9 Å². The first-order chi connectivity index (χ1) is 7.01. The number of aliphatic hydroxyl groups excluding tert-OH is 1. The molecule has 1 N–H and O–H groups in total. The number of nitrogens with zero attached hydrogens (tertiary/aromatic N) is 1. The molecule has 0 aromatic rings. The van der Waals surface area contributed by atoms with Crippen LogP contribution in [0.15, 0.2) is 0 Å². The highest BCUT2D eigenvalue weighted by Crippen LogP contribution is 2.24. The maximum absolute atomic E-state index is 9.36. The van der Waals surface area contributed by atoms with Crippen LogP contribution in [0.5, 0.6) is 0 Å². The fourth-order valence-corrected chi connectivity index (χ4v) is 2.20. The maximum atomic E-state index is 9.36. The molecule has 1 atom stereocenters. The zero-order chi connectivity index (χ0) is 11.3. The van der Waals surface area contributed by atoms with Crippen molar-refractivity contribution in [2.45, 2.75) is 27.2 Å². The summed E-state index contributed by atoms with van der Waals surface area (Å²) in [6.45, 7) is 11.7. The highest BCUT2D eigenvalue weighted by Gasteiger charge is 2.21. The van der Waals surface area contributed by atoms with Crippen LogP contribution in [0.1, 0.15) is 27.2 Å². The molecule has 0 spiro atoms. The van der Waals surface area contributed by atoms with Crippen LogP contribution in [0.4, 0.5) is 0 Å². The van der Waals surface area contributed by atoms with Crippen molar-refractivity contribution >= 4 is 0 Å². The maximum Gasteiger partial charge on any atom is 0.0594 e. The van der Waals surface area contributed by atoms with E-state index in [9.17, 15) is 5.11 Å². The molecule has 1 aliphatic rings. The summed E-state index contributed by atoms with van der Waals surface area (Å²) in [5.74, 6) is 0.406. The third-order valence-electron chi connectivity index (χ3n) is 2.78. The summed E-state index contributed by atoms with van der Waals surface area (Å²) in [6.07, 6.45) is 1.08. The fourth-order valence-electron chi connectivity index (χ4n) is 2.20. The smallest absolute Gasteiger partial charge is 0.0594 e. The number of hydrogen-bond donors (Lipinski definition) is 1. The second kappa shape index (κ2) is 5.83. The number of ether oxygens (including phenoxy) is 1. The number of rotatable bonds is 4. The third-order valence-corrected chi connectivity index (χ3v) is 2.78. The number of aliphatic hydroxyl groups is 1. The van der Waals surface area contributed by atoms with Crippen molar-refractivity contribution in [1.82, 2.24) is 4.90 Å². The van der Waals surface area contributed by atoms with Crippen LogP contribution in [0.2, 0.25) is 0 Å². The molecule has 1 aliphatic heterocycles. The van der Waals surface area contributed by atoms with Gasteiger partial charge < -0.3 is 9.84 Å². The van der Waals surface area contributed by atoms with Crippen molar-refractivity contribution in [3.63, 3.8) is 0 Å². The predicted molar refractivity (Wildman–Crippen MR) is 61.9 cm³/mol. The summed E-state index contributed by atoms with van der Waals surface area (Å²) in [7, 11) is 0. The monoisotopic (exact) mass is 215 g/mol. The van der Waals surface area contributed by atoms with Gasteiger partial charge in [0.25, 0.3) is 0 Å². The van der Waals surface area contributed by atoms with Gasteiger partial charge in [-0.1, -0.05) is 20.8 Å². The summed E-state index contributed by atoms with van der Waals surface area (Å²) < 4.78 is 5.31. The lowest BCUT2D eigenvalue weighted by atomic mass is 9.84. The SMILES string of the molecule is CC(C)(C)CC(CO)CN1CCOCC1. The first-order valence-electron chi connectivity index (χ1n) is 5.92. The Bertz CT molecular complexity index is 171. The molecule has 0 aliphatic carbocycles. The van der Waals surface area contributed by atoms with Gasteiger partial charge in [-0.3, -0.25) is 4.90 Å². The van der Waals surface area contributed by atoms with Crippen molar-refractivity contribution in [1.29, 1.82) is 0 Å². The molecule has 1 saturated heterocycles. The zero-order valence-corrected chi connectivity index (χ0v) is 10.3. The van der Waals surface area contributed by atoms with E-state index in [1.54, 1.807) is 0 Å². The topological polar surface area (TPSA) is 32.7 Å². The minimum absolute atomic E-state index is 0.300. The number of morpholine rings is 1. The third kappa shape index (κ3) is 5.50. The fraction of sp³-hybridized carbons (Fsp3) is 1.00. The van der Waals surface area contributed by atoms with Crippen molar-refractivity contribution in [3.8, 4) is 0 Å². The van der Waals surface area contributed by atoms with E-state index in [0.717, 1.165) is 39.3 Å². The lowest BCUT2D eigenvalue weighted by Gasteiger charge is -2.32. The highest BCUT2D eigenvalue weighted by molar-refractivity contribution is 4.73. The Labute approximate surface area is 93.4 Å². The average Bonchev–Trinajstić information content (AvgIpc) is 2.16. The van der Waals surface area contributed by atoms with Crippen LogP contribution in [-0.2, 0) is 4.74 Å². The largest absolute Gasteiger partial charge is 0.396 e. The zero-order valence-electron chi connectivity index (χ0n) is 10.3. The molecule has 0 radical (unpaired) electrons. The normalized spacial score (nSPS) is 21.6. The van der Waals surface area contributed by atoms with E-state index in [-0.39, 0.29) is 0 Å². The highest BCUT2D eigenvalue weighted by atomic mass is 16.5. The molecular weight excluding hydrogens is 190 g/mol. The van der Waals surface area contributed by atoms with Crippen LogP contribution >= 0.6 is 0 Å². The summed E-state index contributed by atoms with van der Waals surface area (Å²) in [5, 5.41) is 9.36. The van der Waals surface area contributed by atoms with Crippen LogP contribution < -0.4 is 0 Å². The van der Waals surface area contributed by atoms with Gasteiger partial charge in [-0.15, -0.1) is 0 Å². The van der Waals surface area contributed by atoms with Crippen LogP contribution in [0, 0.1) is 11.3 Å². The second-order valence-electron chi connectivity index (χ2n) is 5.73. The quantitative estimate of drug-likeness (QED) is 0.768. The molecule has 0 aromatic heterocycles. The second-order valence-corrected chi connectivity index (χ2v) is 5.73. The van der Waals surface area contributed by atoms with Gasteiger partial charge in [0.1, 0.15) is 0 Å². The Morgan fingerprint density at radius 2 is 1.87 bits per heavy atom. The molecule has 1 rings (SSSR count). The Hall–Kier alpha value is -0.120. The summed E-state index contributed by atoms with van der Waals surface area (Å²) in [6, 6.07) is 0. The molecule has 0 aromatic carbocycles. The van der Waals surface area contributed by atoms with Crippen molar-refractivity contribution < 1.29 is 9.84 Å². The van der Waals surface area contributed by atoms with Crippen LogP contribution in [0.3, 0.4) is 0 Å². The van der Waals surface area contributed by atoms with E-state index >= 15 is 0 Å². The first-order valence-corrected chi connectivity index (χ1v) is 5.92. The molecule has 1 fully saturated rings. The minimum atomic E-state index is 0.300. The lowest BCUT2D eigenvalue weighted by molar-refractivity contribution is 0.0210. The van der Waals surface area contributed by atoms with E-state index in [1.165, 1.54) is 0 Å². The van der Waals surface area contributed by atoms with E-state index in [4.69, 9.17) is 4.74 Å². The Morgan fingerprint density at radius 3 is 2.33 bits per heavy atom. The first kappa shape index (κ1) is 12.9. The van der Waals surface area contributed by atoms with Crippen molar-refractivity contribution in [3.05, 3.63) is 0 Å². The van der Waals surface area contributed by atoms with Crippen LogP contribution in [-0.4, -0.2) is 49.5 Å². The molecule has 0 amide bonds. The van der Waals surface area contributed by atoms with Gasteiger partial charge in [-0.05, 0) is 17.8 Å². The molecule has 15 heavy (non-hydrogen) atoms. The molecule has 1 heterocycles. The Balaban J connectivity index is 2.31. The van der Waals surface area contributed by atoms with Gasteiger partial charge in [0.15, 0.2) is 0 Å². The summed E-state index contributed by atoms with van der Waals surface area (Å²) in [5.41, 5.74) is 0.305. The molecule has 0 bridgehead atoms. The predicted octanol–water partition coefficient (Wildman–Crippen LogP) is 1.36. The molecule has 90 valence electrons. The van der Waals surface area contributed by atoms with E-state index in [1.807, 2.05) is 0 Å². The van der Waals surface area contributed by atoms with Gasteiger partial charge in [0.2, 0.25) is 0 Å². The number of hydrogen-bond acceptors (Lipinski definition) is 3. The van der Waals surface area contributed by atoms with Crippen LogP contribution in [0.25, 0.3) is 0 Å². The van der Waals surface area contributed by atoms with Gasteiger partial charge in [-0.25, -0.2) is 0 Å². The van der Waals surface area contributed by atoms with E-state index in [2.05, 4.69) is 25.7 Å². The van der Waals surface area contributed by atoms with Gasteiger partial charge in [0, 0.05) is 26.2 Å². The van der Waals surface area contributed by atoms with Gasteiger partial charge in [-0.2, -0.15) is 0 Å². The lowest BCUT2D eigenvalue weighted by Crippen LogP contribution is -2.40. The molecule has 3 nitrogen and oxygen atoms in total. The average molecular weight is 215 g/mol. The Kier molecular flexibility index (Phi) is 5.03. The van der Waals surface area contributed by atoms with Crippen molar-refractivity contribution in [2.75, 3.05) is 39.5 Å². The molecular formula is C12H25NO2. The summed E-state index contributed by atoms with van der Waals surface area (Å²) >= 11 is 0. The molecule has 1 unspecified atom stereocenters. The van der Waals surface area contributed by atoms with Gasteiger partial charge >= 0.3 is 0 Å². The van der Waals surface area contributed by atoms with E-state index < -0.39 is 0 Å². The standard InChI is InChI=1S/C12H25NO2/c1-12(2,3)8-11(10-14)9-13-4-6-15-7-5-13/h11,14H,4-10H2,1-3H3.